The van der Waals surface area contributed by atoms with Crippen molar-refractivity contribution < 1.29 is 9.84 Å². The van der Waals surface area contributed by atoms with Gasteiger partial charge in [-0.2, -0.15) is 0 Å². The molecule has 1 aromatic heterocycles. The number of aromatic nitrogens is 1. The van der Waals surface area contributed by atoms with Crippen LogP contribution in [0.2, 0.25) is 0 Å². The highest BCUT2D eigenvalue weighted by Crippen LogP contribution is 2.29. The summed E-state index contributed by atoms with van der Waals surface area (Å²) in [6, 6.07) is 15.2. The molecule has 3 aromatic rings. The molecule has 3 rings (SSSR count). The molecule has 0 aliphatic carbocycles. The number of hydrogen-bond acceptors (Lipinski definition) is 2. The van der Waals surface area contributed by atoms with Crippen LogP contribution >= 0.6 is 0 Å². The molecular formula is C16H15NO2. The predicted octanol–water partition coefficient (Wildman–Crippen LogP) is 3.46. The van der Waals surface area contributed by atoms with Crippen LogP contribution in [0.25, 0.3) is 10.9 Å². The molecule has 0 saturated heterocycles. The minimum Gasteiger partial charge on any atom is -0.507 e. The van der Waals surface area contributed by atoms with Crippen LogP contribution in [0.5, 0.6) is 11.5 Å². The number of nitrogens with zero attached hydrogens (tertiary/aromatic N) is 1. The molecule has 0 amide bonds. The van der Waals surface area contributed by atoms with E-state index in [0.29, 0.717) is 12.4 Å². The largest absolute Gasteiger partial charge is 0.507 e. The lowest BCUT2D eigenvalue weighted by Gasteiger charge is -2.05. The van der Waals surface area contributed by atoms with Gasteiger partial charge in [0, 0.05) is 24.2 Å². The third-order valence-corrected chi connectivity index (χ3v) is 3.21. The van der Waals surface area contributed by atoms with Gasteiger partial charge in [-0.05, 0) is 24.3 Å². The average molecular weight is 253 g/mol. The molecule has 1 heterocycles. The first-order valence-electron chi connectivity index (χ1n) is 6.19. The molecule has 0 aliphatic heterocycles. The molecule has 0 radical (unpaired) electrons. The van der Waals surface area contributed by atoms with Gasteiger partial charge >= 0.3 is 0 Å². The Morgan fingerprint density at radius 2 is 1.84 bits per heavy atom. The number of rotatable bonds is 3. The van der Waals surface area contributed by atoms with E-state index in [1.54, 1.807) is 6.07 Å². The Kier molecular flexibility index (Phi) is 2.88. The van der Waals surface area contributed by atoms with Crippen LogP contribution in [-0.4, -0.2) is 9.67 Å². The first-order valence-corrected chi connectivity index (χ1v) is 6.19. The van der Waals surface area contributed by atoms with Crippen molar-refractivity contribution >= 4 is 10.9 Å². The molecule has 0 saturated carbocycles. The van der Waals surface area contributed by atoms with E-state index < -0.39 is 0 Å². The second-order valence-corrected chi connectivity index (χ2v) is 4.54. The van der Waals surface area contributed by atoms with Crippen LogP contribution < -0.4 is 4.74 Å². The van der Waals surface area contributed by atoms with Gasteiger partial charge in [-0.25, -0.2) is 0 Å². The van der Waals surface area contributed by atoms with E-state index in [1.807, 2.05) is 60.3 Å². The van der Waals surface area contributed by atoms with Gasteiger partial charge in [0.25, 0.3) is 0 Å². The van der Waals surface area contributed by atoms with Crippen molar-refractivity contribution in [3.05, 3.63) is 60.3 Å². The molecule has 3 nitrogen and oxygen atoms in total. The van der Waals surface area contributed by atoms with Gasteiger partial charge < -0.3 is 14.4 Å². The summed E-state index contributed by atoms with van der Waals surface area (Å²) in [5.74, 6) is 1.12. The number of phenols is 1. The summed E-state index contributed by atoms with van der Waals surface area (Å²) in [6.07, 6.45) is 1.99. The molecule has 0 bridgehead atoms. The molecule has 96 valence electrons. The molecule has 0 unspecified atom stereocenters. The van der Waals surface area contributed by atoms with Crippen LogP contribution in [-0.2, 0) is 13.7 Å². The highest BCUT2D eigenvalue weighted by molar-refractivity contribution is 5.89. The Morgan fingerprint density at radius 1 is 1.05 bits per heavy atom. The molecule has 1 N–H and O–H groups in total. The Morgan fingerprint density at radius 3 is 2.63 bits per heavy atom. The summed E-state index contributed by atoms with van der Waals surface area (Å²) in [5, 5.41) is 10.9. The third-order valence-electron chi connectivity index (χ3n) is 3.21. The van der Waals surface area contributed by atoms with E-state index in [2.05, 4.69) is 0 Å². The summed E-state index contributed by atoms with van der Waals surface area (Å²) >= 11 is 0. The highest BCUT2D eigenvalue weighted by atomic mass is 16.5. The van der Waals surface area contributed by atoms with Crippen molar-refractivity contribution in [1.82, 2.24) is 4.57 Å². The summed E-state index contributed by atoms with van der Waals surface area (Å²) in [6.45, 7) is 0.443. The maximum atomic E-state index is 9.99. The van der Waals surface area contributed by atoms with Crippen molar-refractivity contribution in [2.45, 2.75) is 6.61 Å². The number of ether oxygens (including phenoxy) is 1. The second kappa shape index (κ2) is 4.69. The Hall–Kier alpha value is -2.42. The van der Waals surface area contributed by atoms with Gasteiger partial charge in [0.1, 0.15) is 18.1 Å². The topological polar surface area (TPSA) is 34.4 Å². The lowest BCUT2D eigenvalue weighted by molar-refractivity contribution is 0.307. The van der Waals surface area contributed by atoms with E-state index in [-0.39, 0.29) is 0 Å². The number of hydrogen-bond donors (Lipinski definition) is 1. The van der Waals surface area contributed by atoms with Gasteiger partial charge in [-0.3, -0.25) is 0 Å². The van der Waals surface area contributed by atoms with Crippen LogP contribution in [0.3, 0.4) is 0 Å². The van der Waals surface area contributed by atoms with Crippen molar-refractivity contribution in [3.8, 4) is 11.5 Å². The molecular weight excluding hydrogens is 238 g/mol. The number of aryl methyl sites for hydroxylation is 1. The van der Waals surface area contributed by atoms with Gasteiger partial charge in [0.2, 0.25) is 0 Å². The van der Waals surface area contributed by atoms with Crippen molar-refractivity contribution in [2.24, 2.45) is 7.05 Å². The summed E-state index contributed by atoms with van der Waals surface area (Å²) < 4.78 is 7.74. The van der Waals surface area contributed by atoms with E-state index >= 15 is 0 Å². The Bertz CT molecular complexity index is 701. The molecule has 0 atom stereocenters. The number of aromatic hydroxyl groups is 1. The van der Waals surface area contributed by atoms with Crippen LogP contribution in [0.4, 0.5) is 0 Å². The fourth-order valence-corrected chi connectivity index (χ4v) is 2.31. The van der Waals surface area contributed by atoms with Crippen molar-refractivity contribution in [3.63, 3.8) is 0 Å². The number of fused-ring (bicyclic) bond motifs is 1. The van der Waals surface area contributed by atoms with E-state index in [0.717, 1.165) is 22.2 Å². The molecule has 2 aromatic carbocycles. The highest BCUT2D eigenvalue weighted by Gasteiger charge is 2.10. The zero-order valence-electron chi connectivity index (χ0n) is 10.7. The maximum absolute atomic E-state index is 9.99. The molecule has 0 fully saturated rings. The van der Waals surface area contributed by atoms with Crippen LogP contribution in [0.15, 0.2) is 54.7 Å². The molecule has 0 aliphatic rings. The first-order chi connectivity index (χ1) is 9.25. The van der Waals surface area contributed by atoms with Gasteiger partial charge in [-0.15, -0.1) is 0 Å². The Labute approximate surface area is 111 Å². The van der Waals surface area contributed by atoms with E-state index in [9.17, 15) is 5.11 Å². The average Bonchev–Trinajstić information content (AvgIpc) is 2.76. The van der Waals surface area contributed by atoms with E-state index in [1.165, 1.54) is 0 Å². The molecule has 0 spiro atoms. The second-order valence-electron chi connectivity index (χ2n) is 4.54. The minimum absolute atomic E-state index is 0.296. The van der Waals surface area contributed by atoms with Gasteiger partial charge in [-0.1, -0.05) is 24.3 Å². The predicted molar refractivity (Wildman–Crippen MR) is 75.4 cm³/mol. The zero-order valence-corrected chi connectivity index (χ0v) is 10.7. The Balaban J connectivity index is 1.93. The van der Waals surface area contributed by atoms with Gasteiger partial charge in [0.05, 0.1) is 5.52 Å². The first kappa shape index (κ1) is 11.7. The number of benzene rings is 2. The zero-order chi connectivity index (χ0) is 13.2. The summed E-state index contributed by atoms with van der Waals surface area (Å²) in [5.41, 5.74) is 1.99. The normalized spacial score (nSPS) is 10.8. The summed E-state index contributed by atoms with van der Waals surface area (Å²) in [4.78, 5) is 0. The monoisotopic (exact) mass is 253 g/mol. The fraction of sp³-hybridized carbons (Fsp3) is 0.125. The van der Waals surface area contributed by atoms with Crippen molar-refractivity contribution in [1.29, 1.82) is 0 Å². The standard InChI is InChI=1S/C16H15NO2/c1-17-10-12(11-19-13-6-3-2-4-7-13)16-14(17)8-5-9-15(16)18/h2-10,18H,11H2,1H3. The SMILES string of the molecule is Cn1cc(COc2ccccc2)c2c(O)cccc21. The lowest BCUT2D eigenvalue weighted by Crippen LogP contribution is -1.94. The van der Waals surface area contributed by atoms with Gasteiger partial charge in [0.15, 0.2) is 0 Å². The molecule has 19 heavy (non-hydrogen) atoms. The van der Waals surface area contributed by atoms with Crippen LogP contribution in [0.1, 0.15) is 5.56 Å². The minimum atomic E-state index is 0.296. The molecule has 3 heteroatoms. The summed E-state index contributed by atoms with van der Waals surface area (Å²) in [7, 11) is 1.97. The maximum Gasteiger partial charge on any atom is 0.125 e. The lowest BCUT2D eigenvalue weighted by atomic mass is 10.1. The third kappa shape index (κ3) is 2.15. The quantitative estimate of drug-likeness (QED) is 0.775. The van der Waals surface area contributed by atoms with Crippen LogP contribution in [0, 0.1) is 0 Å². The van der Waals surface area contributed by atoms with Crippen molar-refractivity contribution in [2.75, 3.05) is 0 Å². The smallest absolute Gasteiger partial charge is 0.125 e. The van der Waals surface area contributed by atoms with E-state index in [4.69, 9.17) is 4.74 Å². The number of phenolic OH excluding ortho intramolecular Hbond substituents is 1. The number of para-hydroxylation sites is 1. The fourth-order valence-electron chi connectivity index (χ4n) is 2.31.